The molecule has 2 rings (SSSR count). The highest BCUT2D eigenvalue weighted by molar-refractivity contribution is 9.10. The quantitative estimate of drug-likeness (QED) is 0.565. The van der Waals surface area contributed by atoms with Crippen molar-refractivity contribution in [2.75, 3.05) is 0 Å². The van der Waals surface area contributed by atoms with E-state index in [1.807, 2.05) is 22.9 Å². The minimum Gasteiger partial charge on any atom is -0.271 e. The molecule has 1 heterocycles. The van der Waals surface area contributed by atoms with Crippen LogP contribution < -0.4 is 11.3 Å². The van der Waals surface area contributed by atoms with E-state index in [2.05, 4.69) is 49.3 Å². The summed E-state index contributed by atoms with van der Waals surface area (Å²) in [5, 5.41) is 5.02. The monoisotopic (exact) mass is 420 g/mol. The molecule has 7 heteroatoms. The SMILES string of the molecule is CCCn1ncc(Br)c1C(NN)c1ccc(Br)cc1Cl. The molecule has 0 saturated heterocycles. The molecule has 0 aliphatic heterocycles. The van der Waals surface area contributed by atoms with Crippen molar-refractivity contribution in [3.8, 4) is 0 Å². The van der Waals surface area contributed by atoms with E-state index >= 15 is 0 Å². The number of benzene rings is 1. The molecule has 0 spiro atoms. The van der Waals surface area contributed by atoms with Crippen LogP contribution >= 0.6 is 43.5 Å². The van der Waals surface area contributed by atoms with E-state index in [-0.39, 0.29) is 6.04 Å². The maximum Gasteiger partial charge on any atom is 0.0904 e. The molecule has 1 aromatic heterocycles. The Balaban J connectivity index is 2.49. The van der Waals surface area contributed by atoms with Gasteiger partial charge in [0.1, 0.15) is 0 Å². The number of hydrogen-bond donors (Lipinski definition) is 2. The predicted octanol–water partition coefficient (Wildman–Crippen LogP) is 4.02. The molecule has 4 nitrogen and oxygen atoms in total. The second kappa shape index (κ2) is 7.04. The zero-order valence-corrected chi connectivity index (χ0v) is 14.8. The van der Waals surface area contributed by atoms with Gasteiger partial charge in [0.15, 0.2) is 0 Å². The Hall–Kier alpha value is -0.400. The molecule has 0 saturated carbocycles. The second-order valence-corrected chi connectivity index (χ2v) is 6.54. The Morgan fingerprint density at radius 1 is 1.45 bits per heavy atom. The van der Waals surface area contributed by atoms with Gasteiger partial charge in [0.25, 0.3) is 0 Å². The Morgan fingerprint density at radius 3 is 2.80 bits per heavy atom. The molecule has 0 aliphatic rings. The van der Waals surface area contributed by atoms with Gasteiger partial charge in [0, 0.05) is 16.0 Å². The van der Waals surface area contributed by atoms with Crippen LogP contribution in [-0.4, -0.2) is 9.78 Å². The van der Waals surface area contributed by atoms with Crippen molar-refractivity contribution >= 4 is 43.5 Å². The molecule has 1 aromatic carbocycles. The summed E-state index contributed by atoms with van der Waals surface area (Å²) >= 11 is 13.3. The molecule has 1 atom stereocenters. The molecule has 3 N–H and O–H groups in total. The van der Waals surface area contributed by atoms with E-state index < -0.39 is 0 Å². The average Bonchev–Trinajstić information content (AvgIpc) is 2.75. The third-order valence-corrected chi connectivity index (χ3v) is 4.41. The van der Waals surface area contributed by atoms with Crippen molar-refractivity contribution in [1.29, 1.82) is 0 Å². The highest BCUT2D eigenvalue weighted by atomic mass is 79.9. The molecule has 0 fully saturated rings. The fraction of sp³-hybridized carbons (Fsp3) is 0.308. The lowest BCUT2D eigenvalue weighted by molar-refractivity contribution is 0.519. The molecular formula is C13H15Br2ClN4. The van der Waals surface area contributed by atoms with Crippen LogP contribution in [0.25, 0.3) is 0 Å². The molecule has 1 unspecified atom stereocenters. The molecular weight excluding hydrogens is 407 g/mol. The van der Waals surface area contributed by atoms with E-state index in [9.17, 15) is 0 Å². The first-order valence-corrected chi connectivity index (χ1v) is 8.17. The van der Waals surface area contributed by atoms with Gasteiger partial charge in [-0.3, -0.25) is 10.5 Å². The number of aryl methyl sites for hydroxylation is 1. The van der Waals surface area contributed by atoms with Crippen molar-refractivity contribution < 1.29 is 0 Å². The van der Waals surface area contributed by atoms with Crippen LogP contribution in [0.3, 0.4) is 0 Å². The lowest BCUT2D eigenvalue weighted by atomic mass is 10.0. The van der Waals surface area contributed by atoms with Crippen LogP contribution in [0.5, 0.6) is 0 Å². The number of nitrogens with one attached hydrogen (secondary N) is 1. The van der Waals surface area contributed by atoms with E-state index in [0.717, 1.165) is 33.2 Å². The molecule has 0 amide bonds. The fourth-order valence-electron chi connectivity index (χ4n) is 2.10. The number of hydrazine groups is 1. The van der Waals surface area contributed by atoms with Gasteiger partial charge in [-0.05, 0) is 40.0 Å². The normalized spacial score (nSPS) is 12.7. The number of nitrogens with two attached hydrogens (primary N) is 1. The number of aromatic nitrogens is 2. The van der Waals surface area contributed by atoms with Gasteiger partial charge in [-0.2, -0.15) is 5.10 Å². The predicted molar refractivity (Wildman–Crippen MR) is 88.5 cm³/mol. The number of halogens is 3. The summed E-state index contributed by atoms with van der Waals surface area (Å²) in [7, 11) is 0. The summed E-state index contributed by atoms with van der Waals surface area (Å²) in [6, 6.07) is 5.53. The molecule has 20 heavy (non-hydrogen) atoms. The zero-order valence-electron chi connectivity index (χ0n) is 10.9. The molecule has 0 radical (unpaired) electrons. The van der Waals surface area contributed by atoms with E-state index in [0.29, 0.717) is 5.02 Å². The van der Waals surface area contributed by atoms with Gasteiger partial charge >= 0.3 is 0 Å². The topological polar surface area (TPSA) is 55.9 Å². The summed E-state index contributed by atoms with van der Waals surface area (Å²) in [6.45, 7) is 2.93. The first-order chi connectivity index (χ1) is 9.58. The van der Waals surface area contributed by atoms with Crippen molar-refractivity contribution in [3.63, 3.8) is 0 Å². The smallest absolute Gasteiger partial charge is 0.0904 e. The van der Waals surface area contributed by atoms with E-state index in [4.69, 9.17) is 17.4 Å². The van der Waals surface area contributed by atoms with Gasteiger partial charge in [-0.15, -0.1) is 0 Å². The van der Waals surface area contributed by atoms with Gasteiger partial charge in [-0.25, -0.2) is 5.43 Å². The Kier molecular flexibility index (Phi) is 5.63. The van der Waals surface area contributed by atoms with Crippen LogP contribution in [-0.2, 0) is 6.54 Å². The molecule has 2 aromatic rings. The fourth-order valence-corrected chi connectivity index (χ4v) is 3.41. The Morgan fingerprint density at radius 2 is 2.20 bits per heavy atom. The number of rotatable bonds is 5. The van der Waals surface area contributed by atoms with Gasteiger partial charge in [0.2, 0.25) is 0 Å². The first-order valence-electron chi connectivity index (χ1n) is 6.20. The molecule has 0 bridgehead atoms. The largest absolute Gasteiger partial charge is 0.271 e. The second-order valence-electron chi connectivity index (χ2n) is 4.37. The minimum absolute atomic E-state index is 0.223. The van der Waals surface area contributed by atoms with E-state index in [1.54, 1.807) is 6.20 Å². The Bertz CT molecular complexity index is 600. The van der Waals surface area contributed by atoms with Gasteiger partial charge in [0.05, 0.1) is 22.4 Å². The third-order valence-electron chi connectivity index (χ3n) is 2.98. The number of nitrogens with zero attached hydrogens (tertiary/aromatic N) is 2. The van der Waals surface area contributed by atoms with Crippen molar-refractivity contribution in [3.05, 3.63) is 49.6 Å². The lowest BCUT2D eigenvalue weighted by Crippen LogP contribution is -2.31. The van der Waals surface area contributed by atoms with Crippen LogP contribution in [0.1, 0.15) is 30.6 Å². The van der Waals surface area contributed by atoms with Crippen molar-refractivity contribution in [2.24, 2.45) is 5.84 Å². The first kappa shape index (κ1) is 16.0. The van der Waals surface area contributed by atoms with Crippen molar-refractivity contribution in [2.45, 2.75) is 25.9 Å². The summed E-state index contributed by atoms with van der Waals surface area (Å²) in [5.74, 6) is 5.75. The summed E-state index contributed by atoms with van der Waals surface area (Å²) < 4.78 is 3.78. The number of hydrogen-bond acceptors (Lipinski definition) is 3. The van der Waals surface area contributed by atoms with Crippen molar-refractivity contribution in [1.82, 2.24) is 15.2 Å². The summed E-state index contributed by atoms with van der Waals surface area (Å²) in [5.41, 5.74) is 4.71. The lowest BCUT2D eigenvalue weighted by Gasteiger charge is -2.20. The van der Waals surface area contributed by atoms with Crippen LogP contribution in [0.2, 0.25) is 5.02 Å². The van der Waals surface area contributed by atoms with E-state index in [1.165, 1.54) is 0 Å². The van der Waals surface area contributed by atoms with Crippen LogP contribution in [0.4, 0.5) is 0 Å². The van der Waals surface area contributed by atoms with Gasteiger partial charge in [-0.1, -0.05) is 40.5 Å². The standard InChI is InChI=1S/C13H15Br2ClN4/c1-2-5-20-13(10(15)7-18-20)12(19-17)9-4-3-8(14)6-11(9)16/h3-4,6-7,12,19H,2,5,17H2,1H3. The maximum absolute atomic E-state index is 6.33. The Labute approximate surface area is 139 Å². The molecule has 108 valence electrons. The third kappa shape index (κ3) is 3.26. The molecule has 0 aliphatic carbocycles. The minimum atomic E-state index is -0.223. The van der Waals surface area contributed by atoms with Crippen LogP contribution in [0.15, 0.2) is 33.3 Å². The zero-order chi connectivity index (χ0) is 14.7. The highest BCUT2D eigenvalue weighted by Gasteiger charge is 2.22. The summed E-state index contributed by atoms with van der Waals surface area (Å²) in [6.07, 6.45) is 2.77. The highest BCUT2D eigenvalue weighted by Crippen LogP contribution is 2.33. The average molecular weight is 423 g/mol. The summed E-state index contributed by atoms with van der Waals surface area (Å²) in [4.78, 5) is 0. The van der Waals surface area contributed by atoms with Crippen LogP contribution in [0, 0.1) is 0 Å². The van der Waals surface area contributed by atoms with Gasteiger partial charge < -0.3 is 0 Å². The maximum atomic E-state index is 6.33.